The number of carbonyl (C=O) groups excluding carboxylic acids is 1. The molecule has 2 aromatic rings. The van der Waals surface area contributed by atoms with Crippen LogP contribution in [-0.4, -0.2) is 10.8 Å². The fraction of sp³-hybridized carbons (Fsp3) is 0.0714. The van der Waals surface area contributed by atoms with Gasteiger partial charge in [-0.1, -0.05) is 12.1 Å². The van der Waals surface area contributed by atoms with Crippen LogP contribution >= 0.6 is 11.6 Å². The minimum absolute atomic E-state index is 0.0166. The van der Waals surface area contributed by atoms with E-state index in [9.17, 15) is 19.3 Å². The van der Waals surface area contributed by atoms with Gasteiger partial charge >= 0.3 is 0 Å². The third kappa shape index (κ3) is 3.76. The molecule has 0 saturated carbocycles. The highest BCUT2D eigenvalue weighted by molar-refractivity contribution is 6.17. The summed E-state index contributed by atoms with van der Waals surface area (Å²) < 4.78 is 13.3. The minimum Gasteiger partial charge on any atom is -0.322 e. The zero-order valence-corrected chi connectivity index (χ0v) is 11.4. The third-order valence-corrected chi connectivity index (χ3v) is 3.00. The summed E-state index contributed by atoms with van der Waals surface area (Å²) in [7, 11) is 0. The Morgan fingerprint density at radius 1 is 1.29 bits per heavy atom. The number of nitro benzene ring substituents is 1. The second-order valence-corrected chi connectivity index (χ2v) is 4.51. The van der Waals surface area contributed by atoms with E-state index < -0.39 is 22.3 Å². The molecule has 0 aliphatic rings. The summed E-state index contributed by atoms with van der Waals surface area (Å²) in [5, 5.41) is 13.1. The molecule has 0 spiro atoms. The van der Waals surface area contributed by atoms with Gasteiger partial charge in [-0.05, 0) is 23.8 Å². The number of hydrogen-bond donors (Lipinski definition) is 1. The van der Waals surface area contributed by atoms with E-state index in [0.29, 0.717) is 5.56 Å². The fourth-order valence-electron chi connectivity index (χ4n) is 1.75. The van der Waals surface area contributed by atoms with E-state index in [4.69, 9.17) is 11.6 Å². The molecule has 0 unspecified atom stereocenters. The predicted octanol–water partition coefficient (Wildman–Crippen LogP) is 3.73. The Morgan fingerprint density at radius 3 is 2.71 bits per heavy atom. The van der Waals surface area contributed by atoms with E-state index in [1.54, 1.807) is 24.3 Å². The van der Waals surface area contributed by atoms with E-state index in [1.807, 2.05) is 0 Å². The Hall–Kier alpha value is -2.47. The van der Waals surface area contributed by atoms with Gasteiger partial charge < -0.3 is 5.32 Å². The first-order valence-corrected chi connectivity index (χ1v) is 6.44. The molecule has 0 aromatic heterocycles. The second kappa shape index (κ2) is 6.32. The van der Waals surface area contributed by atoms with Gasteiger partial charge in [-0.2, -0.15) is 0 Å². The van der Waals surface area contributed by atoms with Crippen LogP contribution in [0.5, 0.6) is 0 Å². The van der Waals surface area contributed by atoms with Crippen LogP contribution in [0.3, 0.4) is 0 Å². The maximum atomic E-state index is 13.3. The predicted molar refractivity (Wildman–Crippen MR) is 77.0 cm³/mol. The Balaban J connectivity index is 2.24. The van der Waals surface area contributed by atoms with E-state index in [2.05, 4.69) is 5.32 Å². The van der Waals surface area contributed by atoms with Gasteiger partial charge in [0.05, 0.1) is 16.7 Å². The smallest absolute Gasteiger partial charge is 0.274 e. The molecular formula is C14H10ClFN2O3. The SMILES string of the molecule is O=C(Nc1cc(F)cc([N+](=O)[O-])c1)c1cccc(CCl)c1. The number of nitrogens with zero attached hydrogens (tertiary/aromatic N) is 1. The molecule has 2 rings (SSSR count). The molecule has 1 N–H and O–H groups in total. The number of hydrogen-bond acceptors (Lipinski definition) is 3. The molecule has 0 fully saturated rings. The molecule has 0 aliphatic heterocycles. The van der Waals surface area contributed by atoms with Crippen LogP contribution in [0.2, 0.25) is 0 Å². The van der Waals surface area contributed by atoms with Gasteiger partial charge in [0.2, 0.25) is 0 Å². The molecule has 0 heterocycles. The number of alkyl halides is 1. The van der Waals surface area contributed by atoms with E-state index in [1.165, 1.54) is 0 Å². The zero-order chi connectivity index (χ0) is 15.4. The summed E-state index contributed by atoms with van der Waals surface area (Å²) in [6.07, 6.45) is 0. The maximum Gasteiger partial charge on any atom is 0.274 e. The lowest BCUT2D eigenvalue weighted by atomic mass is 10.1. The fourth-order valence-corrected chi connectivity index (χ4v) is 1.92. The first-order chi connectivity index (χ1) is 9.99. The number of benzene rings is 2. The summed E-state index contributed by atoms with van der Waals surface area (Å²) in [6, 6.07) is 9.47. The third-order valence-electron chi connectivity index (χ3n) is 2.69. The van der Waals surface area contributed by atoms with Crippen molar-refractivity contribution in [1.82, 2.24) is 0 Å². The zero-order valence-electron chi connectivity index (χ0n) is 10.7. The Labute approximate surface area is 124 Å². The minimum atomic E-state index is -0.797. The topological polar surface area (TPSA) is 72.2 Å². The van der Waals surface area contributed by atoms with Crippen molar-refractivity contribution in [3.8, 4) is 0 Å². The lowest BCUT2D eigenvalue weighted by molar-refractivity contribution is -0.385. The van der Waals surface area contributed by atoms with Crippen molar-refractivity contribution in [3.05, 3.63) is 69.5 Å². The van der Waals surface area contributed by atoms with E-state index >= 15 is 0 Å². The summed E-state index contributed by atoms with van der Waals surface area (Å²) in [5.41, 5.74) is 0.678. The first kappa shape index (κ1) is 14.9. The van der Waals surface area contributed by atoms with Crippen molar-refractivity contribution in [2.24, 2.45) is 0 Å². The Kier molecular flexibility index (Phi) is 4.49. The van der Waals surface area contributed by atoms with Gasteiger partial charge in [-0.3, -0.25) is 14.9 Å². The average molecular weight is 309 g/mol. The number of nitrogens with one attached hydrogen (secondary N) is 1. The maximum absolute atomic E-state index is 13.3. The number of amides is 1. The molecule has 108 valence electrons. The largest absolute Gasteiger partial charge is 0.322 e. The van der Waals surface area contributed by atoms with Gasteiger partial charge in [-0.25, -0.2) is 4.39 Å². The summed E-state index contributed by atoms with van der Waals surface area (Å²) in [6.45, 7) is 0. The van der Waals surface area contributed by atoms with Crippen molar-refractivity contribution in [2.75, 3.05) is 5.32 Å². The second-order valence-electron chi connectivity index (χ2n) is 4.24. The standard InChI is InChI=1S/C14H10ClFN2O3/c15-8-9-2-1-3-10(4-9)14(19)17-12-5-11(16)6-13(7-12)18(20)21/h1-7H,8H2,(H,17,19). The number of carbonyl (C=O) groups is 1. The van der Waals surface area contributed by atoms with Crippen molar-refractivity contribution in [3.63, 3.8) is 0 Å². The summed E-state index contributed by atoms with van der Waals surface area (Å²) in [5.74, 6) is -1.04. The molecule has 2 aromatic carbocycles. The van der Waals surface area contributed by atoms with Crippen LogP contribution in [0.15, 0.2) is 42.5 Å². The van der Waals surface area contributed by atoms with Crippen molar-refractivity contribution < 1.29 is 14.1 Å². The van der Waals surface area contributed by atoms with Crippen molar-refractivity contribution >= 4 is 28.9 Å². The number of nitro groups is 1. The van der Waals surface area contributed by atoms with Crippen molar-refractivity contribution in [2.45, 2.75) is 5.88 Å². The molecule has 0 saturated heterocycles. The lowest BCUT2D eigenvalue weighted by Crippen LogP contribution is -2.12. The molecule has 0 radical (unpaired) electrons. The molecular weight excluding hydrogens is 299 g/mol. The highest BCUT2D eigenvalue weighted by Crippen LogP contribution is 2.20. The van der Waals surface area contributed by atoms with Crippen LogP contribution in [0, 0.1) is 15.9 Å². The van der Waals surface area contributed by atoms with E-state index in [0.717, 1.165) is 23.8 Å². The van der Waals surface area contributed by atoms with Crippen LogP contribution in [0.4, 0.5) is 15.8 Å². The Morgan fingerprint density at radius 2 is 2.05 bits per heavy atom. The highest BCUT2D eigenvalue weighted by Gasteiger charge is 2.12. The first-order valence-electron chi connectivity index (χ1n) is 5.91. The molecule has 7 heteroatoms. The quantitative estimate of drug-likeness (QED) is 0.531. The van der Waals surface area contributed by atoms with Gasteiger partial charge in [0.15, 0.2) is 0 Å². The van der Waals surface area contributed by atoms with Gasteiger partial charge in [0.25, 0.3) is 11.6 Å². The molecule has 21 heavy (non-hydrogen) atoms. The van der Waals surface area contributed by atoms with E-state index in [-0.39, 0.29) is 11.6 Å². The number of anilines is 1. The highest BCUT2D eigenvalue weighted by atomic mass is 35.5. The molecule has 5 nitrogen and oxygen atoms in total. The monoisotopic (exact) mass is 308 g/mol. The van der Waals surface area contributed by atoms with Crippen molar-refractivity contribution in [1.29, 1.82) is 0 Å². The molecule has 1 amide bonds. The summed E-state index contributed by atoms with van der Waals surface area (Å²) in [4.78, 5) is 22.0. The molecule has 0 atom stereocenters. The van der Waals surface area contributed by atoms with Crippen LogP contribution in [-0.2, 0) is 5.88 Å². The number of rotatable bonds is 4. The molecule has 0 bridgehead atoms. The van der Waals surface area contributed by atoms with Gasteiger partial charge in [-0.15, -0.1) is 11.6 Å². The molecule has 0 aliphatic carbocycles. The number of halogens is 2. The summed E-state index contributed by atoms with van der Waals surface area (Å²) >= 11 is 5.68. The van der Waals surface area contributed by atoms with Gasteiger partial charge in [0, 0.05) is 17.5 Å². The van der Waals surface area contributed by atoms with Crippen LogP contribution < -0.4 is 5.32 Å². The van der Waals surface area contributed by atoms with Gasteiger partial charge in [0.1, 0.15) is 5.82 Å². The number of non-ortho nitro benzene ring substituents is 1. The normalized spacial score (nSPS) is 10.2. The Bertz CT molecular complexity index is 706. The van der Waals surface area contributed by atoms with Crippen LogP contribution in [0.25, 0.3) is 0 Å². The average Bonchev–Trinajstić information content (AvgIpc) is 2.46. The lowest BCUT2D eigenvalue weighted by Gasteiger charge is -2.06. The van der Waals surface area contributed by atoms with Crippen LogP contribution in [0.1, 0.15) is 15.9 Å².